The van der Waals surface area contributed by atoms with E-state index in [-0.39, 0.29) is 5.78 Å². The first-order valence-electron chi connectivity index (χ1n) is 17.0. The highest BCUT2D eigenvalue weighted by Crippen LogP contribution is 2.65. The fourth-order valence-electron chi connectivity index (χ4n) is 7.95. The van der Waals surface area contributed by atoms with E-state index in [2.05, 4.69) is 132 Å². The largest absolute Gasteiger partial charge is 0.289 e. The molecule has 0 aliphatic heterocycles. The summed E-state index contributed by atoms with van der Waals surface area (Å²) in [5, 5.41) is 0. The average molecular weight is 613 g/mol. The molecule has 3 heteroatoms. The standard InChI is InChI=1S/C39H66OP2/c1-29(2)21-41(22-30(3)4,23-31(5)6)27-35-13-17-37(18-14-35)39(40)38-19-15-36(16-20-38)28-42(24-32(7)8,25-33(9)10)26-34(11)12/h13-20,29-34H,21-28H2,1-12H3/q+2. The number of carbonyl (C=O) groups excluding carboxylic acids is 1. The van der Waals surface area contributed by atoms with Gasteiger partial charge < -0.3 is 0 Å². The molecule has 0 saturated carbocycles. The quantitative estimate of drug-likeness (QED) is 0.121. The fraction of sp³-hybridized carbons (Fsp3) is 0.667. The number of rotatable bonds is 18. The number of benzene rings is 2. The van der Waals surface area contributed by atoms with Gasteiger partial charge in [-0.15, -0.1) is 0 Å². The second kappa shape index (κ2) is 16.9. The van der Waals surface area contributed by atoms with Gasteiger partial charge in [-0.2, -0.15) is 0 Å². The lowest BCUT2D eigenvalue weighted by molar-refractivity contribution is 0.103. The predicted octanol–water partition coefficient (Wildman–Crippen LogP) is 11.9. The summed E-state index contributed by atoms with van der Waals surface area (Å²) in [6.07, 6.45) is 10.6. The van der Waals surface area contributed by atoms with Crippen molar-refractivity contribution in [1.82, 2.24) is 0 Å². The van der Waals surface area contributed by atoms with Crippen molar-refractivity contribution >= 4 is 20.3 Å². The van der Waals surface area contributed by atoms with Crippen LogP contribution >= 0.6 is 14.5 Å². The number of hydrogen-bond donors (Lipinski definition) is 0. The molecule has 0 N–H and O–H groups in total. The van der Waals surface area contributed by atoms with Gasteiger partial charge in [-0.25, -0.2) is 0 Å². The van der Waals surface area contributed by atoms with Crippen LogP contribution in [0.5, 0.6) is 0 Å². The molecule has 0 spiro atoms. The topological polar surface area (TPSA) is 17.1 Å². The van der Waals surface area contributed by atoms with Gasteiger partial charge in [0.2, 0.25) is 0 Å². The van der Waals surface area contributed by atoms with Gasteiger partial charge >= 0.3 is 0 Å². The van der Waals surface area contributed by atoms with Crippen molar-refractivity contribution < 1.29 is 4.79 Å². The zero-order valence-corrected chi connectivity index (χ0v) is 31.3. The summed E-state index contributed by atoms with van der Waals surface area (Å²) in [6.45, 7) is 28.7. The molecule has 42 heavy (non-hydrogen) atoms. The summed E-state index contributed by atoms with van der Waals surface area (Å²) in [5.41, 5.74) is 4.46. The maximum atomic E-state index is 13.5. The van der Waals surface area contributed by atoms with Gasteiger partial charge in [0.15, 0.2) is 5.78 Å². The smallest absolute Gasteiger partial charge is 0.193 e. The van der Waals surface area contributed by atoms with Gasteiger partial charge in [0, 0.05) is 25.7 Å². The SMILES string of the molecule is CC(C)C[P+](Cc1ccc(C(=O)c2ccc(C[P+](CC(C)C)(CC(C)C)CC(C)C)cc2)cc1)(CC(C)C)CC(C)C. The average Bonchev–Trinajstić information content (AvgIpc) is 2.81. The Morgan fingerprint density at radius 3 is 0.833 bits per heavy atom. The molecule has 0 amide bonds. The zero-order chi connectivity index (χ0) is 31.7. The van der Waals surface area contributed by atoms with Gasteiger partial charge in [0.05, 0.1) is 49.3 Å². The lowest BCUT2D eigenvalue weighted by Crippen LogP contribution is -2.20. The third kappa shape index (κ3) is 12.5. The van der Waals surface area contributed by atoms with E-state index in [9.17, 15) is 4.79 Å². The van der Waals surface area contributed by atoms with Crippen LogP contribution in [0.15, 0.2) is 48.5 Å². The first-order valence-corrected chi connectivity index (χ1v) is 22.0. The Kier molecular flexibility index (Phi) is 14.9. The summed E-state index contributed by atoms with van der Waals surface area (Å²) >= 11 is 0. The normalized spacial score (nSPS) is 13.0. The predicted molar refractivity (Wildman–Crippen MR) is 196 cm³/mol. The van der Waals surface area contributed by atoms with E-state index in [1.165, 1.54) is 60.4 Å². The molecule has 0 saturated heterocycles. The summed E-state index contributed by atoms with van der Waals surface area (Å²) in [4.78, 5) is 13.5. The van der Waals surface area contributed by atoms with E-state index in [4.69, 9.17) is 0 Å². The molecule has 0 aromatic heterocycles. The van der Waals surface area contributed by atoms with Gasteiger partial charge in [-0.1, -0.05) is 132 Å². The molecular formula is C39H66OP2+2. The first kappa shape index (κ1) is 37.2. The highest BCUT2D eigenvalue weighted by atomic mass is 31.2. The lowest BCUT2D eigenvalue weighted by Gasteiger charge is -2.32. The molecule has 0 bridgehead atoms. The Hall–Kier alpha value is -1.03. The number of hydrogen-bond acceptors (Lipinski definition) is 1. The molecule has 0 radical (unpaired) electrons. The van der Waals surface area contributed by atoms with Crippen LogP contribution in [0.2, 0.25) is 0 Å². The van der Waals surface area contributed by atoms with E-state index in [0.29, 0.717) is 0 Å². The Morgan fingerprint density at radius 2 is 0.643 bits per heavy atom. The third-order valence-electron chi connectivity index (χ3n) is 7.98. The highest BCUT2D eigenvalue weighted by molar-refractivity contribution is 7.75. The zero-order valence-electron chi connectivity index (χ0n) is 29.5. The van der Waals surface area contributed by atoms with Crippen LogP contribution in [0, 0.1) is 35.5 Å². The monoisotopic (exact) mass is 612 g/mol. The van der Waals surface area contributed by atoms with Gasteiger partial charge in [0.1, 0.15) is 0 Å². The van der Waals surface area contributed by atoms with Gasteiger partial charge in [-0.05, 0) is 46.6 Å². The molecule has 0 fully saturated rings. The molecule has 236 valence electrons. The van der Waals surface area contributed by atoms with Crippen molar-refractivity contribution in [3.63, 3.8) is 0 Å². The van der Waals surface area contributed by atoms with Crippen molar-refractivity contribution in [3.05, 3.63) is 70.8 Å². The molecule has 0 aliphatic carbocycles. The Bertz CT molecular complexity index is 922. The van der Waals surface area contributed by atoms with Crippen LogP contribution in [0.3, 0.4) is 0 Å². The second-order valence-electron chi connectivity index (χ2n) is 16.2. The summed E-state index contributed by atoms with van der Waals surface area (Å²) in [5.74, 6) is 4.52. The molecule has 0 atom stereocenters. The molecule has 0 unspecified atom stereocenters. The van der Waals surface area contributed by atoms with Crippen molar-refractivity contribution in [2.75, 3.05) is 37.0 Å². The minimum atomic E-state index is -1.12. The maximum Gasteiger partial charge on any atom is 0.193 e. The first-order chi connectivity index (χ1) is 19.5. The molecular weight excluding hydrogens is 546 g/mol. The Balaban J connectivity index is 2.25. The van der Waals surface area contributed by atoms with E-state index in [1.54, 1.807) is 0 Å². The van der Waals surface area contributed by atoms with Crippen molar-refractivity contribution in [2.24, 2.45) is 35.5 Å². The van der Waals surface area contributed by atoms with Crippen LogP contribution in [-0.4, -0.2) is 42.8 Å². The number of carbonyl (C=O) groups is 1. The Labute approximate surface area is 263 Å². The number of ketones is 1. The highest BCUT2D eigenvalue weighted by Gasteiger charge is 2.40. The molecule has 2 aromatic rings. The molecule has 0 aliphatic rings. The molecule has 2 aromatic carbocycles. The fourth-order valence-corrected chi connectivity index (χ4v) is 20.9. The van der Waals surface area contributed by atoms with Crippen molar-refractivity contribution in [3.8, 4) is 0 Å². The van der Waals surface area contributed by atoms with E-state index >= 15 is 0 Å². The van der Waals surface area contributed by atoms with Crippen LogP contribution in [0.25, 0.3) is 0 Å². The Morgan fingerprint density at radius 1 is 0.429 bits per heavy atom. The molecule has 2 rings (SSSR count). The second-order valence-corrected chi connectivity index (χ2v) is 24.4. The van der Waals surface area contributed by atoms with E-state index in [1.807, 2.05) is 0 Å². The van der Waals surface area contributed by atoms with Crippen LogP contribution in [0.4, 0.5) is 0 Å². The third-order valence-corrected chi connectivity index (χ3v) is 19.1. The van der Waals surface area contributed by atoms with E-state index < -0.39 is 14.5 Å². The maximum absolute atomic E-state index is 13.5. The minimum absolute atomic E-state index is 0.147. The molecule has 0 heterocycles. The van der Waals surface area contributed by atoms with Crippen molar-refractivity contribution in [1.29, 1.82) is 0 Å². The van der Waals surface area contributed by atoms with Crippen molar-refractivity contribution in [2.45, 2.75) is 95.4 Å². The van der Waals surface area contributed by atoms with Crippen LogP contribution in [-0.2, 0) is 12.3 Å². The van der Waals surface area contributed by atoms with Crippen LogP contribution in [0.1, 0.15) is 110 Å². The minimum Gasteiger partial charge on any atom is -0.289 e. The van der Waals surface area contributed by atoms with Gasteiger partial charge in [0.25, 0.3) is 0 Å². The lowest BCUT2D eigenvalue weighted by atomic mass is 10.0. The van der Waals surface area contributed by atoms with Crippen LogP contribution < -0.4 is 0 Å². The summed E-state index contributed by atoms with van der Waals surface area (Å²) in [7, 11) is -2.23. The summed E-state index contributed by atoms with van der Waals surface area (Å²) < 4.78 is 0. The van der Waals surface area contributed by atoms with E-state index in [0.717, 1.165) is 46.6 Å². The van der Waals surface area contributed by atoms with Gasteiger partial charge in [-0.3, -0.25) is 4.79 Å². The summed E-state index contributed by atoms with van der Waals surface area (Å²) in [6, 6.07) is 17.4. The molecule has 1 nitrogen and oxygen atoms in total.